The predicted molar refractivity (Wildman–Crippen MR) is 97.1 cm³/mol. The maximum atomic E-state index is 12.4. The second-order valence-corrected chi connectivity index (χ2v) is 5.71. The van der Waals surface area contributed by atoms with Crippen molar-refractivity contribution in [3.05, 3.63) is 72.4 Å². The van der Waals surface area contributed by atoms with Crippen LogP contribution in [-0.2, 0) is 6.54 Å². The Morgan fingerprint density at radius 3 is 2.88 bits per heavy atom. The third-order valence-corrected chi connectivity index (χ3v) is 3.96. The van der Waals surface area contributed by atoms with Crippen molar-refractivity contribution in [1.82, 2.24) is 20.3 Å². The molecule has 1 aromatic carbocycles. The fourth-order valence-corrected chi connectivity index (χ4v) is 2.61. The molecule has 0 unspecified atom stereocenters. The number of fused-ring (bicyclic) bond motifs is 1. The summed E-state index contributed by atoms with van der Waals surface area (Å²) in [6.45, 7) is 0.371. The molecule has 4 aromatic rings. The van der Waals surface area contributed by atoms with Crippen molar-refractivity contribution in [2.45, 2.75) is 6.54 Å². The van der Waals surface area contributed by atoms with Crippen molar-refractivity contribution >= 4 is 22.5 Å². The van der Waals surface area contributed by atoms with Crippen LogP contribution in [0.2, 0.25) is 0 Å². The van der Waals surface area contributed by atoms with E-state index in [1.165, 1.54) is 12.5 Å². The number of carbonyl (C=O) groups is 1. The van der Waals surface area contributed by atoms with Gasteiger partial charge in [0.05, 0.1) is 11.8 Å². The summed E-state index contributed by atoms with van der Waals surface area (Å²) in [5.74, 6) is 0.610. The van der Waals surface area contributed by atoms with Crippen molar-refractivity contribution in [3.8, 4) is 11.6 Å². The summed E-state index contributed by atoms with van der Waals surface area (Å²) in [5.41, 5.74) is 7.11. The molecule has 0 radical (unpaired) electrons. The Morgan fingerprint density at radius 2 is 2.08 bits per heavy atom. The average molecular weight is 345 g/mol. The lowest BCUT2D eigenvalue weighted by Crippen LogP contribution is -2.24. The Labute approximate surface area is 148 Å². The highest BCUT2D eigenvalue weighted by atomic mass is 16.3. The molecule has 4 rings (SSSR count). The summed E-state index contributed by atoms with van der Waals surface area (Å²) in [5, 5.41) is 4.95. The number of anilines is 1. The minimum atomic E-state index is -0.330. The topological polar surface area (TPSA) is 107 Å². The van der Waals surface area contributed by atoms with Gasteiger partial charge in [-0.3, -0.25) is 9.78 Å². The molecule has 0 aliphatic heterocycles. The number of rotatable bonds is 4. The lowest BCUT2D eigenvalue weighted by Gasteiger charge is -2.08. The van der Waals surface area contributed by atoms with E-state index in [0.29, 0.717) is 18.1 Å². The number of aromatic nitrogens is 3. The highest BCUT2D eigenvalue weighted by Gasteiger charge is 2.14. The highest BCUT2D eigenvalue weighted by Crippen LogP contribution is 2.18. The van der Waals surface area contributed by atoms with Gasteiger partial charge in [-0.25, -0.2) is 9.97 Å². The van der Waals surface area contributed by atoms with Crippen LogP contribution in [0.3, 0.4) is 0 Å². The zero-order chi connectivity index (χ0) is 17.9. The van der Waals surface area contributed by atoms with Crippen molar-refractivity contribution in [2.75, 3.05) is 5.73 Å². The second-order valence-electron chi connectivity index (χ2n) is 5.71. The van der Waals surface area contributed by atoms with Crippen molar-refractivity contribution in [3.63, 3.8) is 0 Å². The van der Waals surface area contributed by atoms with Gasteiger partial charge in [0.2, 0.25) is 0 Å². The number of hydrogen-bond donors (Lipinski definition) is 2. The van der Waals surface area contributed by atoms with E-state index >= 15 is 0 Å². The number of pyridine rings is 1. The Kier molecular flexibility index (Phi) is 4.03. The number of amides is 1. The summed E-state index contributed by atoms with van der Waals surface area (Å²) < 4.78 is 5.23. The molecule has 0 bridgehead atoms. The molecule has 0 saturated carbocycles. The number of nitrogen functional groups attached to an aromatic ring is 1. The van der Waals surface area contributed by atoms with E-state index in [4.69, 9.17) is 10.2 Å². The molecule has 0 spiro atoms. The minimum Gasteiger partial charge on any atom is -0.461 e. The second kappa shape index (κ2) is 6.64. The van der Waals surface area contributed by atoms with Crippen LogP contribution in [0, 0.1) is 0 Å². The van der Waals surface area contributed by atoms with E-state index in [2.05, 4.69) is 20.3 Å². The van der Waals surface area contributed by atoms with Crippen LogP contribution in [0.5, 0.6) is 0 Å². The molecular weight excluding hydrogens is 330 g/mol. The summed E-state index contributed by atoms with van der Waals surface area (Å²) >= 11 is 0. The maximum Gasteiger partial charge on any atom is 0.256 e. The maximum absolute atomic E-state index is 12.4. The molecule has 128 valence electrons. The number of furan rings is 1. The number of benzene rings is 1. The van der Waals surface area contributed by atoms with Gasteiger partial charge in [0.25, 0.3) is 5.91 Å². The van der Waals surface area contributed by atoms with E-state index in [-0.39, 0.29) is 17.3 Å². The Hall–Kier alpha value is -3.74. The Balaban J connectivity index is 1.49. The molecular formula is C19H15N5O2. The first-order valence-electron chi connectivity index (χ1n) is 7.98. The molecule has 0 fully saturated rings. The monoisotopic (exact) mass is 345 g/mol. The zero-order valence-electron chi connectivity index (χ0n) is 13.7. The van der Waals surface area contributed by atoms with Gasteiger partial charge in [0, 0.05) is 30.5 Å². The van der Waals surface area contributed by atoms with Crippen LogP contribution in [0.4, 0.5) is 5.82 Å². The first-order chi connectivity index (χ1) is 12.7. The zero-order valence-corrected chi connectivity index (χ0v) is 13.7. The van der Waals surface area contributed by atoms with Crippen LogP contribution in [-0.4, -0.2) is 20.9 Å². The largest absolute Gasteiger partial charge is 0.461 e. The fraction of sp³-hybridized carbons (Fsp3) is 0.0526. The molecule has 0 saturated heterocycles. The van der Waals surface area contributed by atoms with Crippen molar-refractivity contribution in [1.29, 1.82) is 0 Å². The highest BCUT2D eigenvalue weighted by molar-refractivity contribution is 5.98. The average Bonchev–Trinajstić information content (AvgIpc) is 3.20. The third-order valence-electron chi connectivity index (χ3n) is 3.96. The number of hydrogen-bond acceptors (Lipinski definition) is 6. The quantitative estimate of drug-likeness (QED) is 0.589. The Morgan fingerprint density at radius 1 is 1.15 bits per heavy atom. The van der Waals surface area contributed by atoms with Gasteiger partial charge in [-0.05, 0) is 35.2 Å². The lowest BCUT2D eigenvalue weighted by atomic mass is 10.1. The molecule has 0 aliphatic rings. The molecule has 3 N–H and O–H groups in total. The van der Waals surface area contributed by atoms with Crippen LogP contribution in [0.1, 0.15) is 15.9 Å². The van der Waals surface area contributed by atoms with E-state index in [1.54, 1.807) is 24.5 Å². The van der Waals surface area contributed by atoms with Crippen LogP contribution >= 0.6 is 0 Å². The van der Waals surface area contributed by atoms with Gasteiger partial charge in [0.1, 0.15) is 5.82 Å². The third kappa shape index (κ3) is 3.10. The SMILES string of the molecule is Nc1nc(-c2ccco2)ncc1C(=O)NCc1ccc2cnccc2c1. The predicted octanol–water partition coefficient (Wildman–Crippen LogP) is 2.80. The summed E-state index contributed by atoms with van der Waals surface area (Å²) in [6.07, 6.45) is 6.47. The summed E-state index contributed by atoms with van der Waals surface area (Å²) in [7, 11) is 0. The first kappa shape index (κ1) is 15.8. The standard InChI is InChI=1S/C19H15N5O2/c20-17-15(11-22-18(24-17)16-2-1-7-26-16)19(25)23-9-12-3-4-14-10-21-6-5-13(14)8-12/h1-8,10-11H,9H2,(H,23,25)(H2,20,22,24). The van der Waals surface area contributed by atoms with Crippen molar-refractivity contribution in [2.24, 2.45) is 0 Å². The van der Waals surface area contributed by atoms with Gasteiger partial charge in [-0.2, -0.15) is 0 Å². The lowest BCUT2D eigenvalue weighted by molar-refractivity contribution is 0.0951. The van der Waals surface area contributed by atoms with Crippen molar-refractivity contribution < 1.29 is 9.21 Å². The van der Waals surface area contributed by atoms with E-state index in [1.807, 2.05) is 24.3 Å². The normalized spacial score (nSPS) is 10.8. The van der Waals surface area contributed by atoms with Gasteiger partial charge < -0.3 is 15.5 Å². The minimum absolute atomic E-state index is 0.105. The van der Waals surface area contributed by atoms with Crippen LogP contribution in [0.15, 0.2) is 65.7 Å². The Bertz CT molecular complexity index is 1080. The van der Waals surface area contributed by atoms with E-state index in [9.17, 15) is 4.79 Å². The number of nitrogens with zero attached hydrogens (tertiary/aromatic N) is 3. The molecule has 0 aliphatic carbocycles. The molecule has 3 heterocycles. The number of nitrogens with two attached hydrogens (primary N) is 1. The number of nitrogens with one attached hydrogen (secondary N) is 1. The number of carbonyl (C=O) groups excluding carboxylic acids is 1. The molecule has 3 aromatic heterocycles. The van der Waals surface area contributed by atoms with Gasteiger partial charge in [-0.1, -0.05) is 12.1 Å². The summed E-state index contributed by atoms with van der Waals surface area (Å²) in [6, 6.07) is 11.3. The van der Waals surface area contributed by atoms with Gasteiger partial charge >= 0.3 is 0 Å². The smallest absolute Gasteiger partial charge is 0.256 e. The molecule has 26 heavy (non-hydrogen) atoms. The first-order valence-corrected chi connectivity index (χ1v) is 7.98. The molecule has 7 nitrogen and oxygen atoms in total. The fourth-order valence-electron chi connectivity index (χ4n) is 2.61. The van der Waals surface area contributed by atoms with Gasteiger partial charge in [0.15, 0.2) is 11.6 Å². The van der Waals surface area contributed by atoms with E-state index < -0.39 is 0 Å². The molecule has 7 heteroatoms. The van der Waals surface area contributed by atoms with E-state index in [0.717, 1.165) is 16.3 Å². The van der Waals surface area contributed by atoms with Crippen LogP contribution < -0.4 is 11.1 Å². The summed E-state index contributed by atoms with van der Waals surface area (Å²) in [4.78, 5) is 24.8. The molecule has 0 atom stereocenters. The molecule has 1 amide bonds. The van der Waals surface area contributed by atoms with Crippen LogP contribution in [0.25, 0.3) is 22.4 Å². The van der Waals surface area contributed by atoms with Gasteiger partial charge in [-0.15, -0.1) is 0 Å².